The Balaban J connectivity index is 1.59. The number of carbonyl (C=O) groups excluding carboxylic acids is 1. The topological polar surface area (TPSA) is 76.1 Å². The normalized spacial score (nSPS) is 27.6. The Morgan fingerprint density at radius 1 is 1.35 bits per heavy atom. The van der Waals surface area contributed by atoms with Crippen LogP contribution in [0, 0.1) is 5.92 Å². The average molecular weight is 277 g/mol. The number of rotatable bonds is 3. The van der Waals surface area contributed by atoms with Crippen LogP contribution in [0.2, 0.25) is 0 Å². The zero-order valence-electron chi connectivity index (χ0n) is 10.8. The van der Waals surface area contributed by atoms with E-state index in [0.29, 0.717) is 13.2 Å². The number of hydrogen-bond acceptors (Lipinski definition) is 4. The second kappa shape index (κ2) is 5.13. The summed E-state index contributed by atoms with van der Waals surface area (Å²) in [7, 11) is 0. The SMILES string of the molecule is O=C(O)C1C2OCCN(C(=O)OCc3ccccc3)C21. The number of fused-ring (bicyclic) bond motifs is 1. The molecule has 1 aliphatic carbocycles. The van der Waals surface area contributed by atoms with Crippen LogP contribution in [-0.4, -0.2) is 47.4 Å². The van der Waals surface area contributed by atoms with E-state index in [1.54, 1.807) is 0 Å². The van der Waals surface area contributed by atoms with Gasteiger partial charge in [0, 0.05) is 6.54 Å². The van der Waals surface area contributed by atoms with Gasteiger partial charge in [-0.3, -0.25) is 9.69 Å². The number of carbonyl (C=O) groups is 2. The summed E-state index contributed by atoms with van der Waals surface area (Å²) >= 11 is 0. The maximum Gasteiger partial charge on any atom is 0.410 e. The Labute approximate surface area is 115 Å². The molecule has 6 heteroatoms. The first-order valence-electron chi connectivity index (χ1n) is 6.50. The monoisotopic (exact) mass is 277 g/mol. The maximum absolute atomic E-state index is 12.0. The molecule has 0 bridgehead atoms. The number of nitrogens with zero attached hydrogens (tertiary/aromatic N) is 1. The van der Waals surface area contributed by atoms with Gasteiger partial charge >= 0.3 is 12.1 Å². The molecular formula is C14H15NO5. The highest BCUT2D eigenvalue weighted by molar-refractivity contribution is 5.79. The molecule has 3 atom stereocenters. The van der Waals surface area contributed by atoms with Gasteiger partial charge in [-0.15, -0.1) is 0 Å². The van der Waals surface area contributed by atoms with Crippen molar-refractivity contribution in [1.82, 2.24) is 4.90 Å². The van der Waals surface area contributed by atoms with E-state index in [1.165, 1.54) is 4.90 Å². The van der Waals surface area contributed by atoms with E-state index in [4.69, 9.17) is 14.6 Å². The minimum absolute atomic E-state index is 0.187. The van der Waals surface area contributed by atoms with Crippen LogP contribution in [0.4, 0.5) is 4.79 Å². The summed E-state index contributed by atoms with van der Waals surface area (Å²) in [6.45, 7) is 0.913. The van der Waals surface area contributed by atoms with Crippen LogP contribution in [-0.2, 0) is 20.9 Å². The largest absolute Gasteiger partial charge is 0.481 e. The molecule has 3 unspecified atom stereocenters. The minimum atomic E-state index is -0.928. The Morgan fingerprint density at radius 2 is 2.10 bits per heavy atom. The number of carboxylic acids is 1. The van der Waals surface area contributed by atoms with E-state index in [-0.39, 0.29) is 18.8 Å². The van der Waals surface area contributed by atoms with Crippen LogP contribution < -0.4 is 0 Å². The van der Waals surface area contributed by atoms with Crippen molar-refractivity contribution in [3.63, 3.8) is 0 Å². The zero-order valence-corrected chi connectivity index (χ0v) is 10.8. The second-order valence-corrected chi connectivity index (χ2v) is 4.92. The fourth-order valence-electron chi connectivity index (χ4n) is 2.58. The molecule has 2 aliphatic rings. The lowest BCUT2D eigenvalue weighted by Gasteiger charge is -2.25. The molecule has 0 spiro atoms. The van der Waals surface area contributed by atoms with Gasteiger partial charge < -0.3 is 14.6 Å². The van der Waals surface area contributed by atoms with E-state index in [9.17, 15) is 9.59 Å². The summed E-state index contributed by atoms with van der Waals surface area (Å²) in [6.07, 6.45) is -0.860. The molecule has 1 amide bonds. The van der Waals surface area contributed by atoms with Crippen molar-refractivity contribution in [2.24, 2.45) is 5.92 Å². The van der Waals surface area contributed by atoms with Crippen molar-refractivity contribution in [3.05, 3.63) is 35.9 Å². The third-order valence-electron chi connectivity index (χ3n) is 3.64. The van der Waals surface area contributed by atoms with E-state index in [2.05, 4.69) is 0 Å². The van der Waals surface area contributed by atoms with Crippen molar-refractivity contribution >= 4 is 12.1 Å². The molecule has 6 nitrogen and oxygen atoms in total. The quantitative estimate of drug-likeness (QED) is 0.895. The van der Waals surface area contributed by atoms with Crippen LogP contribution in [0.1, 0.15) is 5.56 Å². The van der Waals surface area contributed by atoms with Crippen LogP contribution >= 0.6 is 0 Å². The fraction of sp³-hybridized carbons (Fsp3) is 0.429. The number of benzene rings is 1. The third-order valence-corrected chi connectivity index (χ3v) is 3.64. The molecule has 1 aliphatic heterocycles. The molecule has 0 radical (unpaired) electrons. The van der Waals surface area contributed by atoms with E-state index in [0.717, 1.165) is 5.56 Å². The van der Waals surface area contributed by atoms with Crippen LogP contribution in [0.3, 0.4) is 0 Å². The van der Waals surface area contributed by atoms with Gasteiger partial charge in [0.15, 0.2) is 0 Å². The third kappa shape index (κ3) is 2.34. The first kappa shape index (κ1) is 12.9. The summed E-state index contributed by atoms with van der Waals surface area (Å²) in [4.78, 5) is 24.5. The lowest BCUT2D eigenvalue weighted by Crippen LogP contribution is -2.41. The van der Waals surface area contributed by atoms with Gasteiger partial charge in [0.1, 0.15) is 12.5 Å². The summed E-state index contributed by atoms with van der Waals surface area (Å²) < 4.78 is 10.6. The predicted octanol–water partition coefficient (Wildman–Crippen LogP) is 1.11. The minimum Gasteiger partial charge on any atom is -0.481 e. The highest BCUT2D eigenvalue weighted by atomic mass is 16.6. The van der Waals surface area contributed by atoms with Gasteiger partial charge in [-0.1, -0.05) is 30.3 Å². The molecule has 1 saturated carbocycles. The molecular weight excluding hydrogens is 262 g/mol. The second-order valence-electron chi connectivity index (χ2n) is 4.92. The first-order chi connectivity index (χ1) is 9.68. The summed E-state index contributed by atoms with van der Waals surface area (Å²) in [5.74, 6) is -1.55. The molecule has 1 N–H and O–H groups in total. The maximum atomic E-state index is 12.0. The van der Waals surface area contributed by atoms with Gasteiger partial charge in [0.2, 0.25) is 0 Å². The summed E-state index contributed by atoms with van der Waals surface area (Å²) in [5, 5.41) is 9.03. The smallest absolute Gasteiger partial charge is 0.410 e. The first-order valence-corrected chi connectivity index (χ1v) is 6.50. The van der Waals surface area contributed by atoms with Gasteiger partial charge in [-0.05, 0) is 5.56 Å². The standard InChI is InChI=1S/C14H15NO5/c16-13(17)10-11-12(10)19-7-6-15(11)14(18)20-8-9-4-2-1-3-5-9/h1-5,10-12H,6-8H2,(H,16,17). The average Bonchev–Trinajstić information content (AvgIpc) is 3.20. The van der Waals surface area contributed by atoms with E-state index in [1.807, 2.05) is 30.3 Å². The summed E-state index contributed by atoms with van der Waals surface area (Å²) in [6, 6.07) is 8.98. The van der Waals surface area contributed by atoms with E-state index >= 15 is 0 Å². The zero-order chi connectivity index (χ0) is 14.1. The lowest BCUT2D eigenvalue weighted by atomic mass is 10.2. The number of ether oxygens (including phenoxy) is 2. The highest BCUT2D eigenvalue weighted by Gasteiger charge is 2.62. The van der Waals surface area contributed by atoms with Crippen LogP contribution in [0.5, 0.6) is 0 Å². The molecule has 1 heterocycles. The number of morpholine rings is 1. The van der Waals surface area contributed by atoms with E-state index < -0.39 is 18.0 Å². The predicted molar refractivity (Wildman–Crippen MR) is 68.0 cm³/mol. The molecule has 1 aromatic rings. The number of aliphatic carboxylic acids is 1. The molecule has 2 fully saturated rings. The van der Waals surface area contributed by atoms with Crippen molar-refractivity contribution in [2.75, 3.05) is 13.2 Å². The van der Waals surface area contributed by atoms with Crippen LogP contribution in [0.25, 0.3) is 0 Å². The molecule has 20 heavy (non-hydrogen) atoms. The Bertz CT molecular complexity index is 518. The van der Waals surface area contributed by atoms with Crippen molar-refractivity contribution < 1.29 is 24.2 Å². The number of hydrogen-bond donors (Lipinski definition) is 1. The Hall–Kier alpha value is -2.08. The molecule has 3 rings (SSSR count). The lowest BCUT2D eigenvalue weighted by molar-refractivity contribution is -0.139. The van der Waals surface area contributed by atoms with Crippen LogP contribution in [0.15, 0.2) is 30.3 Å². The van der Waals surface area contributed by atoms with Gasteiger partial charge in [0.25, 0.3) is 0 Å². The molecule has 0 aromatic heterocycles. The number of amides is 1. The van der Waals surface area contributed by atoms with Gasteiger partial charge in [-0.25, -0.2) is 4.79 Å². The molecule has 1 aromatic carbocycles. The fourth-order valence-corrected chi connectivity index (χ4v) is 2.58. The molecule has 1 saturated heterocycles. The Kier molecular flexibility index (Phi) is 3.31. The molecule has 106 valence electrons. The van der Waals surface area contributed by atoms with Crippen molar-refractivity contribution in [3.8, 4) is 0 Å². The Morgan fingerprint density at radius 3 is 2.80 bits per heavy atom. The number of carboxylic acid groups (broad SMARTS) is 1. The van der Waals surface area contributed by atoms with Gasteiger partial charge in [-0.2, -0.15) is 0 Å². The van der Waals surface area contributed by atoms with Crippen molar-refractivity contribution in [2.45, 2.75) is 18.8 Å². The van der Waals surface area contributed by atoms with Gasteiger partial charge in [0.05, 0.1) is 18.8 Å². The highest BCUT2D eigenvalue weighted by Crippen LogP contribution is 2.42. The van der Waals surface area contributed by atoms with Crippen molar-refractivity contribution in [1.29, 1.82) is 0 Å². The summed E-state index contributed by atoms with van der Waals surface area (Å²) in [5.41, 5.74) is 0.899.